The second-order valence-corrected chi connectivity index (χ2v) is 5.23. The molecule has 0 spiro atoms. The molecule has 0 N–H and O–H groups in total. The molecule has 0 bridgehead atoms. The van der Waals surface area contributed by atoms with Crippen LogP contribution >= 0.6 is 0 Å². The van der Waals surface area contributed by atoms with Gasteiger partial charge < -0.3 is 0 Å². The topological polar surface area (TPSA) is 17.1 Å². The first-order valence-electron chi connectivity index (χ1n) is 4.93. The van der Waals surface area contributed by atoms with E-state index in [1.807, 2.05) is 0 Å². The molecule has 1 nitrogen and oxygen atoms in total. The van der Waals surface area contributed by atoms with Gasteiger partial charge in [-0.2, -0.15) is 0 Å². The standard InChI is InChI=1S/C11H20O/c1-8-7-9(12)5-6-10(8)11(2,3)4/h8,10H,5-7H2,1-4H3/t8-,10+/m1/s1. The number of hydrogen-bond donors (Lipinski definition) is 0. The quantitative estimate of drug-likeness (QED) is 0.543. The zero-order valence-electron chi connectivity index (χ0n) is 8.68. The Morgan fingerprint density at radius 3 is 2.33 bits per heavy atom. The maximum atomic E-state index is 11.1. The van der Waals surface area contributed by atoms with Crippen LogP contribution in [0.25, 0.3) is 0 Å². The van der Waals surface area contributed by atoms with Crippen LogP contribution < -0.4 is 0 Å². The van der Waals surface area contributed by atoms with E-state index in [1.54, 1.807) is 0 Å². The lowest BCUT2D eigenvalue weighted by molar-refractivity contribution is -0.123. The van der Waals surface area contributed by atoms with Crippen LogP contribution in [-0.4, -0.2) is 5.78 Å². The monoisotopic (exact) mass is 168 g/mol. The van der Waals surface area contributed by atoms with Gasteiger partial charge in [0.05, 0.1) is 0 Å². The van der Waals surface area contributed by atoms with Gasteiger partial charge in [-0.3, -0.25) is 4.79 Å². The van der Waals surface area contributed by atoms with Gasteiger partial charge in [0.1, 0.15) is 5.78 Å². The van der Waals surface area contributed by atoms with Gasteiger partial charge in [-0.1, -0.05) is 27.7 Å². The summed E-state index contributed by atoms with van der Waals surface area (Å²) in [7, 11) is 0. The fourth-order valence-electron chi connectivity index (χ4n) is 2.49. The normalized spacial score (nSPS) is 32.2. The third-order valence-corrected chi connectivity index (χ3v) is 3.08. The van der Waals surface area contributed by atoms with Crippen molar-refractivity contribution in [2.45, 2.75) is 47.0 Å². The fourth-order valence-corrected chi connectivity index (χ4v) is 2.49. The zero-order valence-corrected chi connectivity index (χ0v) is 8.68. The molecule has 0 heterocycles. The predicted molar refractivity (Wildman–Crippen MR) is 51.0 cm³/mol. The first-order chi connectivity index (χ1) is 5.41. The van der Waals surface area contributed by atoms with Crippen LogP contribution in [0.2, 0.25) is 0 Å². The molecule has 0 amide bonds. The third kappa shape index (κ3) is 2.09. The van der Waals surface area contributed by atoms with Crippen LogP contribution in [0.4, 0.5) is 0 Å². The van der Waals surface area contributed by atoms with E-state index < -0.39 is 0 Å². The van der Waals surface area contributed by atoms with Crippen LogP contribution in [0.15, 0.2) is 0 Å². The van der Waals surface area contributed by atoms with E-state index in [2.05, 4.69) is 27.7 Å². The molecule has 1 aliphatic carbocycles. The van der Waals surface area contributed by atoms with Gasteiger partial charge in [-0.15, -0.1) is 0 Å². The van der Waals surface area contributed by atoms with Crippen molar-refractivity contribution in [3.63, 3.8) is 0 Å². The smallest absolute Gasteiger partial charge is 0.133 e. The van der Waals surface area contributed by atoms with Gasteiger partial charge in [-0.25, -0.2) is 0 Å². The Hall–Kier alpha value is -0.330. The molecule has 0 aromatic heterocycles. The van der Waals surface area contributed by atoms with Crippen molar-refractivity contribution in [1.82, 2.24) is 0 Å². The molecule has 1 saturated carbocycles. The van der Waals surface area contributed by atoms with Gasteiger partial charge in [0.2, 0.25) is 0 Å². The summed E-state index contributed by atoms with van der Waals surface area (Å²) in [5, 5.41) is 0. The van der Waals surface area contributed by atoms with E-state index >= 15 is 0 Å². The van der Waals surface area contributed by atoms with Crippen molar-refractivity contribution < 1.29 is 4.79 Å². The molecule has 1 rings (SSSR count). The second kappa shape index (κ2) is 3.20. The molecule has 1 fully saturated rings. The number of rotatable bonds is 0. The van der Waals surface area contributed by atoms with Gasteiger partial charge in [0.25, 0.3) is 0 Å². The summed E-state index contributed by atoms with van der Waals surface area (Å²) in [6.45, 7) is 9.06. The molecule has 1 aliphatic rings. The molecule has 0 radical (unpaired) electrons. The molecule has 0 aromatic rings. The Labute approximate surface area is 75.5 Å². The highest BCUT2D eigenvalue weighted by atomic mass is 16.1. The van der Waals surface area contributed by atoms with Crippen LogP contribution in [0.1, 0.15) is 47.0 Å². The fraction of sp³-hybridized carbons (Fsp3) is 0.909. The Balaban J connectivity index is 2.62. The third-order valence-electron chi connectivity index (χ3n) is 3.08. The molecule has 2 atom stereocenters. The minimum absolute atomic E-state index is 0.375. The lowest BCUT2D eigenvalue weighted by Gasteiger charge is -2.38. The van der Waals surface area contributed by atoms with Crippen molar-refractivity contribution in [2.75, 3.05) is 0 Å². The van der Waals surface area contributed by atoms with E-state index in [4.69, 9.17) is 0 Å². The minimum Gasteiger partial charge on any atom is -0.300 e. The lowest BCUT2D eigenvalue weighted by atomic mass is 9.67. The van der Waals surface area contributed by atoms with Crippen LogP contribution in [0.3, 0.4) is 0 Å². The summed E-state index contributed by atoms with van der Waals surface area (Å²) >= 11 is 0. The van der Waals surface area contributed by atoms with Crippen LogP contribution in [0, 0.1) is 17.3 Å². The van der Waals surface area contributed by atoms with Gasteiger partial charge in [0, 0.05) is 12.8 Å². The van der Waals surface area contributed by atoms with Gasteiger partial charge >= 0.3 is 0 Å². The van der Waals surface area contributed by atoms with Crippen molar-refractivity contribution in [3.05, 3.63) is 0 Å². The van der Waals surface area contributed by atoms with E-state index in [0.29, 0.717) is 17.1 Å². The summed E-state index contributed by atoms with van der Waals surface area (Å²) in [5.41, 5.74) is 0.375. The number of ketones is 1. The average Bonchev–Trinajstić information content (AvgIpc) is 1.83. The van der Waals surface area contributed by atoms with Crippen LogP contribution in [-0.2, 0) is 4.79 Å². The largest absolute Gasteiger partial charge is 0.300 e. The SMILES string of the molecule is C[C@@H]1CC(=O)CC[C@@H]1C(C)(C)C. The zero-order chi connectivity index (χ0) is 9.35. The summed E-state index contributed by atoms with van der Waals surface area (Å²) in [6, 6.07) is 0. The molecule has 0 aromatic carbocycles. The Kier molecular flexibility index (Phi) is 2.60. The Morgan fingerprint density at radius 1 is 1.33 bits per heavy atom. The first-order valence-corrected chi connectivity index (χ1v) is 4.93. The van der Waals surface area contributed by atoms with Gasteiger partial charge in [-0.05, 0) is 23.7 Å². The second-order valence-electron chi connectivity index (χ2n) is 5.23. The van der Waals surface area contributed by atoms with Crippen molar-refractivity contribution >= 4 is 5.78 Å². The van der Waals surface area contributed by atoms with E-state index in [9.17, 15) is 4.79 Å². The lowest BCUT2D eigenvalue weighted by Crippen LogP contribution is -2.32. The van der Waals surface area contributed by atoms with E-state index in [-0.39, 0.29) is 0 Å². The summed E-state index contributed by atoms with van der Waals surface area (Å²) < 4.78 is 0. The average molecular weight is 168 g/mol. The summed E-state index contributed by atoms with van der Waals surface area (Å²) in [6.07, 6.45) is 2.72. The maximum absolute atomic E-state index is 11.1. The van der Waals surface area contributed by atoms with Crippen molar-refractivity contribution in [3.8, 4) is 0 Å². The molecule has 0 saturated heterocycles. The molecule has 0 aliphatic heterocycles. The number of carbonyl (C=O) groups is 1. The Morgan fingerprint density at radius 2 is 1.92 bits per heavy atom. The highest BCUT2D eigenvalue weighted by Crippen LogP contribution is 2.40. The van der Waals surface area contributed by atoms with E-state index in [1.165, 1.54) is 0 Å². The van der Waals surface area contributed by atoms with Gasteiger partial charge in [0.15, 0.2) is 0 Å². The predicted octanol–water partition coefficient (Wildman–Crippen LogP) is 3.04. The molecular formula is C11H20O. The molecule has 12 heavy (non-hydrogen) atoms. The maximum Gasteiger partial charge on any atom is 0.133 e. The minimum atomic E-state index is 0.375. The molecule has 1 heteroatoms. The highest BCUT2D eigenvalue weighted by molar-refractivity contribution is 5.79. The van der Waals surface area contributed by atoms with Crippen molar-refractivity contribution in [1.29, 1.82) is 0 Å². The first kappa shape index (κ1) is 9.76. The Bertz CT molecular complexity index is 176. The highest BCUT2D eigenvalue weighted by Gasteiger charge is 2.33. The summed E-state index contributed by atoms with van der Waals surface area (Å²) in [5.74, 6) is 1.78. The molecule has 0 unspecified atom stereocenters. The summed E-state index contributed by atoms with van der Waals surface area (Å²) in [4.78, 5) is 11.1. The number of carbonyl (C=O) groups excluding carboxylic acids is 1. The molecule has 70 valence electrons. The number of Topliss-reactive ketones (excluding diaryl/α,β-unsaturated/α-hetero) is 1. The number of hydrogen-bond acceptors (Lipinski definition) is 1. The molecular weight excluding hydrogens is 148 g/mol. The van der Waals surface area contributed by atoms with Crippen LogP contribution in [0.5, 0.6) is 0 Å². The van der Waals surface area contributed by atoms with Crippen molar-refractivity contribution in [2.24, 2.45) is 17.3 Å². The van der Waals surface area contributed by atoms with E-state index in [0.717, 1.165) is 25.2 Å².